The van der Waals surface area contributed by atoms with Crippen molar-refractivity contribution in [3.8, 4) is 0 Å². The fraction of sp³-hybridized carbons (Fsp3) is 0.382. The Morgan fingerprint density at radius 2 is 1.67 bits per heavy atom. The van der Waals surface area contributed by atoms with E-state index in [-0.39, 0.29) is 0 Å². The summed E-state index contributed by atoms with van der Waals surface area (Å²) in [6, 6.07) is 14.1. The molecule has 2 nitrogen and oxygen atoms in total. The quantitative estimate of drug-likeness (QED) is 0.197. The predicted molar refractivity (Wildman–Crippen MR) is 197 cm³/mol. The van der Waals surface area contributed by atoms with Crippen LogP contribution in [0, 0.1) is 5.92 Å². The zero-order chi connectivity index (χ0) is 29.1. The van der Waals surface area contributed by atoms with Gasteiger partial charge in [0, 0.05) is 28.5 Å². The SMILES string of the molecule is CSCc1ccc2c(c1)N(CSC)C(=CC1=CC3=CC(=Cc4sc5ccc(CSC)cc5[n+]4CSC)CCC3CC1)S2. The fourth-order valence-electron chi connectivity index (χ4n) is 6.10. The smallest absolute Gasteiger partial charge is 0.263 e. The standard InChI is InChI=1S/C34H39N2S6/c1-37-19-25-7-11-31-29(15-25)35(21-39-3)33(41-31)17-23-5-9-27-10-6-24(14-28(27)13-23)18-34-36(22-40-4)30-16-26(20-38-2)8-12-32(30)42-34/h7-8,11-18,27H,5-6,9-10,19-22H2,1-4H3/q+1. The van der Waals surface area contributed by atoms with Crippen LogP contribution in [0.3, 0.4) is 0 Å². The molecule has 0 saturated carbocycles. The fourth-order valence-corrected chi connectivity index (χ4v) is 10.6. The van der Waals surface area contributed by atoms with Crippen LogP contribution in [-0.2, 0) is 17.4 Å². The molecule has 2 aliphatic carbocycles. The first-order chi connectivity index (χ1) is 20.6. The molecule has 6 rings (SSSR count). The summed E-state index contributed by atoms with van der Waals surface area (Å²) in [6.45, 7) is 0. The number of allylic oxidation sites excluding steroid dienone is 6. The summed E-state index contributed by atoms with van der Waals surface area (Å²) in [5.41, 5.74) is 10.1. The maximum Gasteiger partial charge on any atom is 0.263 e. The van der Waals surface area contributed by atoms with Gasteiger partial charge in [0.05, 0.1) is 16.6 Å². The number of benzene rings is 2. The Labute approximate surface area is 277 Å². The topological polar surface area (TPSA) is 7.12 Å². The lowest BCUT2D eigenvalue weighted by Crippen LogP contribution is -2.33. The molecule has 220 valence electrons. The Morgan fingerprint density at radius 1 is 0.881 bits per heavy atom. The van der Waals surface area contributed by atoms with E-state index in [1.165, 1.54) is 84.4 Å². The van der Waals surface area contributed by atoms with E-state index in [0.717, 1.165) is 23.3 Å². The van der Waals surface area contributed by atoms with Gasteiger partial charge in [-0.3, -0.25) is 0 Å². The lowest BCUT2D eigenvalue weighted by molar-refractivity contribution is -0.646. The average molecular weight is 668 g/mol. The Hall–Kier alpha value is -1.16. The first-order valence-electron chi connectivity index (χ1n) is 14.4. The molecule has 0 radical (unpaired) electrons. The molecule has 0 saturated heterocycles. The third kappa shape index (κ3) is 6.74. The van der Waals surface area contributed by atoms with Crippen molar-refractivity contribution in [1.82, 2.24) is 0 Å². The minimum Gasteiger partial charge on any atom is -0.325 e. The van der Waals surface area contributed by atoms with Gasteiger partial charge < -0.3 is 4.90 Å². The minimum absolute atomic E-state index is 0.698. The molecular weight excluding hydrogens is 629 g/mol. The largest absolute Gasteiger partial charge is 0.325 e. The van der Waals surface area contributed by atoms with Crippen LogP contribution in [0.2, 0.25) is 0 Å². The molecule has 1 aromatic heterocycles. The van der Waals surface area contributed by atoms with Crippen molar-refractivity contribution in [2.75, 3.05) is 35.8 Å². The third-order valence-corrected chi connectivity index (χ3v) is 12.6. The third-order valence-electron chi connectivity index (χ3n) is 8.08. The average Bonchev–Trinajstić information content (AvgIpc) is 3.50. The number of thiazole rings is 1. The molecule has 3 aliphatic rings. The van der Waals surface area contributed by atoms with Crippen LogP contribution < -0.4 is 9.47 Å². The van der Waals surface area contributed by atoms with Crippen molar-refractivity contribution in [3.63, 3.8) is 0 Å². The highest BCUT2D eigenvalue weighted by atomic mass is 32.2. The summed E-state index contributed by atoms with van der Waals surface area (Å²) >= 11 is 11.5. The van der Waals surface area contributed by atoms with Gasteiger partial charge in [-0.2, -0.15) is 28.1 Å². The Morgan fingerprint density at radius 3 is 2.45 bits per heavy atom. The monoisotopic (exact) mass is 667 g/mol. The summed E-state index contributed by atoms with van der Waals surface area (Å²) in [4.78, 5) is 3.91. The molecule has 1 aliphatic heterocycles. The van der Waals surface area contributed by atoms with Crippen LogP contribution in [0.25, 0.3) is 16.3 Å². The molecule has 1 unspecified atom stereocenters. The zero-order valence-electron chi connectivity index (χ0n) is 24.9. The molecule has 3 aromatic rings. The van der Waals surface area contributed by atoms with Crippen molar-refractivity contribution >= 4 is 92.1 Å². The summed E-state index contributed by atoms with van der Waals surface area (Å²) in [5.74, 6) is 4.81. The second kappa shape index (κ2) is 14.3. The Balaban J connectivity index is 1.29. The molecule has 0 N–H and O–H groups in total. The highest BCUT2D eigenvalue weighted by Gasteiger charge is 2.28. The number of hydrogen-bond donors (Lipinski definition) is 0. The van der Waals surface area contributed by atoms with Gasteiger partial charge >= 0.3 is 0 Å². The van der Waals surface area contributed by atoms with Crippen molar-refractivity contribution < 1.29 is 4.57 Å². The lowest BCUT2D eigenvalue weighted by atomic mass is 9.77. The minimum atomic E-state index is 0.698. The van der Waals surface area contributed by atoms with Crippen molar-refractivity contribution in [3.05, 3.63) is 92.5 Å². The number of anilines is 1. The van der Waals surface area contributed by atoms with Gasteiger partial charge in [-0.05, 0) is 109 Å². The van der Waals surface area contributed by atoms with Crippen LogP contribution in [-0.4, -0.2) is 30.9 Å². The Bertz CT molecular complexity index is 1580. The van der Waals surface area contributed by atoms with Gasteiger partial charge in [0.1, 0.15) is 4.70 Å². The number of fused-ring (bicyclic) bond motifs is 3. The van der Waals surface area contributed by atoms with E-state index in [9.17, 15) is 0 Å². The molecule has 8 heteroatoms. The molecule has 0 amide bonds. The summed E-state index contributed by atoms with van der Waals surface area (Å²) in [6.07, 6.45) is 23.7. The van der Waals surface area contributed by atoms with E-state index in [4.69, 9.17) is 0 Å². The van der Waals surface area contributed by atoms with Crippen molar-refractivity contribution in [1.29, 1.82) is 0 Å². The van der Waals surface area contributed by atoms with E-state index in [1.807, 2.05) is 70.1 Å². The number of nitrogens with zero attached hydrogens (tertiary/aromatic N) is 2. The number of thioether (sulfide) groups is 5. The molecule has 2 aromatic carbocycles. The molecule has 0 spiro atoms. The molecule has 1 atom stereocenters. The van der Waals surface area contributed by atoms with Gasteiger partial charge in [0.25, 0.3) is 5.01 Å². The van der Waals surface area contributed by atoms with Gasteiger partial charge in [-0.1, -0.05) is 59.1 Å². The second-order valence-electron chi connectivity index (χ2n) is 11.0. The number of hydrogen-bond acceptors (Lipinski definition) is 7. The molecule has 0 bridgehead atoms. The van der Waals surface area contributed by atoms with E-state index in [1.54, 1.807) is 0 Å². The first-order valence-corrected chi connectivity index (χ1v) is 21.6. The highest BCUT2D eigenvalue weighted by molar-refractivity contribution is 8.04. The van der Waals surface area contributed by atoms with Crippen molar-refractivity contribution in [2.24, 2.45) is 5.92 Å². The van der Waals surface area contributed by atoms with Crippen LogP contribution in [0.4, 0.5) is 5.69 Å². The van der Waals surface area contributed by atoms with E-state index < -0.39 is 0 Å². The maximum absolute atomic E-state index is 2.53. The summed E-state index contributed by atoms with van der Waals surface area (Å²) in [7, 11) is 0. The van der Waals surface area contributed by atoms with Gasteiger partial charge in [-0.15, -0.1) is 11.8 Å². The lowest BCUT2D eigenvalue weighted by Gasteiger charge is -2.28. The Kier molecular flexibility index (Phi) is 10.5. The molecule has 42 heavy (non-hydrogen) atoms. The zero-order valence-corrected chi connectivity index (χ0v) is 29.8. The molecular formula is C34H39N2S6+. The number of aromatic nitrogens is 1. The van der Waals surface area contributed by atoms with Gasteiger partial charge in [-0.25, -0.2) is 0 Å². The summed E-state index contributed by atoms with van der Waals surface area (Å²) < 4.78 is 3.91. The van der Waals surface area contributed by atoms with Crippen LogP contribution >= 0.6 is 70.1 Å². The van der Waals surface area contributed by atoms with Crippen LogP contribution in [0.5, 0.6) is 0 Å². The maximum atomic E-state index is 2.53. The first kappa shape index (κ1) is 30.8. The molecule has 2 heterocycles. The normalized spacial score (nSPS) is 20.3. The predicted octanol–water partition coefficient (Wildman–Crippen LogP) is 10.4. The number of rotatable bonds is 10. The van der Waals surface area contributed by atoms with E-state index in [2.05, 4.69) is 95.2 Å². The van der Waals surface area contributed by atoms with Crippen LogP contribution in [0.1, 0.15) is 41.8 Å². The second-order valence-corrected chi connectivity index (χ2v) is 16.6. The van der Waals surface area contributed by atoms with E-state index in [0.29, 0.717) is 5.92 Å². The highest BCUT2D eigenvalue weighted by Crippen LogP contribution is 2.48. The molecule has 0 fully saturated rings. The summed E-state index contributed by atoms with van der Waals surface area (Å²) in [5, 5.41) is 2.75. The van der Waals surface area contributed by atoms with Gasteiger partial charge in [0.2, 0.25) is 5.52 Å². The van der Waals surface area contributed by atoms with Crippen molar-refractivity contribution in [2.45, 2.75) is 48.0 Å². The van der Waals surface area contributed by atoms with E-state index >= 15 is 0 Å². The van der Waals surface area contributed by atoms with Crippen LogP contribution in [0.15, 0.2) is 81.3 Å². The van der Waals surface area contributed by atoms with Gasteiger partial charge in [0.15, 0.2) is 5.88 Å².